The summed E-state index contributed by atoms with van der Waals surface area (Å²) in [7, 11) is -3.64. The monoisotopic (exact) mass is 320 g/mol. The highest BCUT2D eigenvalue weighted by Gasteiger charge is 2.14. The van der Waals surface area contributed by atoms with E-state index < -0.39 is 10.0 Å². The fraction of sp³-hybridized carbons (Fsp3) is 0.333. The van der Waals surface area contributed by atoms with Crippen LogP contribution < -0.4 is 10.0 Å². The number of unbranched alkanes of at least 4 members (excludes halogenated alkanes) is 1. The molecule has 1 aromatic heterocycles. The molecule has 0 bridgehead atoms. The summed E-state index contributed by atoms with van der Waals surface area (Å²) in [5.41, 5.74) is 1.00. The van der Waals surface area contributed by atoms with Crippen LogP contribution in [-0.4, -0.2) is 25.2 Å². The zero-order valence-corrected chi connectivity index (χ0v) is 13.5. The van der Waals surface area contributed by atoms with Gasteiger partial charge in [-0.2, -0.15) is 0 Å². The van der Waals surface area contributed by atoms with Gasteiger partial charge in [0.1, 0.15) is 5.82 Å². The Kier molecular flexibility index (Phi) is 5.32. The van der Waals surface area contributed by atoms with Crippen LogP contribution in [0.2, 0.25) is 0 Å². The normalized spacial score (nSPS) is 11.2. The van der Waals surface area contributed by atoms with Crippen LogP contribution in [-0.2, 0) is 10.0 Å². The van der Waals surface area contributed by atoms with E-state index in [1.807, 2.05) is 6.92 Å². The molecule has 0 aliphatic carbocycles. The summed E-state index contributed by atoms with van der Waals surface area (Å²) in [6.07, 6.45) is 2.14. The molecule has 0 aliphatic rings. The van der Waals surface area contributed by atoms with Gasteiger partial charge >= 0.3 is 0 Å². The van der Waals surface area contributed by atoms with Gasteiger partial charge in [0.2, 0.25) is 0 Å². The van der Waals surface area contributed by atoms with Crippen molar-refractivity contribution in [1.82, 2.24) is 10.2 Å². The van der Waals surface area contributed by atoms with Crippen LogP contribution >= 0.6 is 0 Å². The summed E-state index contributed by atoms with van der Waals surface area (Å²) in [4.78, 5) is 0.199. The molecule has 118 valence electrons. The average molecular weight is 320 g/mol. The zero-order chi connectivity index (χ0) is 16.0. The number of anilines is 2. The molecule has 0 amide bonds. The van der Waals surface area contributed by atoms with E-state index >= 15 is 0 Å². The molecule has 2 N–H and O–H groups in total. The SMILES string of the molecule is CCCCNc1ccc(NS(=O)(=O)c2ccc(C)cc2)nn1. The number of sulfonamides is 1. The summed E-state index contributed by atoms with van der Waals surface area (Å²) >= 11 is 0. The number of benzene rings is 1. The number of hydrogen-bond donors (Lipinski definition) is 2. The van der Waals surface area contributed by atoms with E-state index in [9.17, 15) is 8.42 Å². The van der Waals surface area contributed by atoms with Gasteiger partial charge < -0.3 is 5.32 Å². The number of rotatable bonds is 7. The van der Waals surface area contributed by atoms with Crippen LogP contribution in [0.4, 0.5) is 11.6 Å². The van der Waals surface area contributed by atoms with Gasteiger partial charge in [-0.1, -0.05) is 31.0 Å². The maximum atomic E-state index is 12.2. The Labute approximate surface area is 131 Å². The second-order valence-electron chi connectivity index (χ2n) is 5.00. The van der Waals surface area contributed by atoms with Crippen LogP contribution in [0.1, 0.15) is 25.3 Å². The van der Waals surface area contributed by atoms with E-state index in [0.29, 0.717) is 5.82 Å². The summed E-state index contributed by atoms with van der Waals surface area (Å²) in [5.74, 6) is 0.827. The Hall–Kier alpha value is -2.15. The standard InChI is InChI=1S/C15H20N4O2S/c1-3-4-11-16-14-9-10-15(18-17-14)19-22(20,21)13-7-5-12(2)6-8-13/h5-10H,3-4,11H2,1-2H3,(H,16,17)(H,18,19). The van der Waals surface area contributed by atoms with Crippen molar-refractivity contribution >= 4 is 21.7 Å². The van der Waals surface area contributed by atoms with Crippen molar-refractivity contribution in [3.05, 3.63) is 42.0 Å². The molecule has 0 atom stereocenters. The van der Waals surface area contributed by atoms with Gasteiger partial charge in [-0.3, -0.25) is 4.72 Å². The lowest BCUT2D eigenvalue weighted by atomic mass is 10.2. The van der Waals surface area contributed by atoms with Crippen molar-refractivity contribution in [2.24, 2.45) is 0 Å². The molecule has 0 radical (unpaired) electrons. The van der Waals surface area contributed by atoms with E-state index in [4.69, 9.17) is 0 Å². The molecule has 1 aromatic carbocycles. The lowest BCUT2D eigenvalue weighted by Gasteiger charge is -2.08. The third-order valence-electron chi connectivity index (χ3n) is 3.07. The van der Waals surface area contributed by atoms with Gasteiger partial charge in [0.05, 0.1) is 4.90 Å². The third-order valence-corrected chi connectivity index (χ3v) is 4.44. The van der Waals surface area contributed by atoms with Gasteiger partial charge in [-0.05, 0) is 37.6 Å². The van der Waals surface area contributed by atoms with Crippen molar-refractivity contribution in [2.45, 2.75) is 31.6 Å². The van der Waals surface area contributed by atoms with Crippen LogP contribution in [0, 0.1) is 6.92 Å². The molecule has 0 aliphatic heterocycles. The lowest BCUT2D eigenvalue weighted by Crippen LogP contribution is -2.14. The second kappa shape index (κ2) is 7.22. The first-order chi connectivity index (χ1) is 10.5. The quantitative estimate of drug-likeness (QED) is 0.766. The molecule has 7 heteroatoms. The highest BCUT2D eigenvalue weighted by molar-refractivity contribution is 7.92. The van der Waals surface area contributed by atoms with Crippen LogP contribution in [0.25, 0.3) is 0 Å². The largest absolute Gasteiger partial charge is 0.369 e. The van der Waals surface area contributed by atoms with Crippen molar-refractivity contribution in [1.29, 1.82) is 0 Å². The van der Waals surface area contributed by atoms with E-state index in [2.05, 4.69) is 27.2 Å². The van der Waals surface area contributed by atoms with Crippen molar-refractivity contribution in [3.63, 3.8) is 0 Å². The Morgan fingerprint density at radius 3 is 2.23 bits per heavy atom. The molecule has 1 heterocycles. The van der Waals surface area contributed by atoms with Crippen LogP contribution in [0.3, 0.4) is 0 Å². The van der Waals surface area contributed by atoms with Crippen LogP contribution in [0.15, 0.2) is 41.3 Å². The van der Waals surface area contributed by atoms with Gasteiger partial charge in [-0.25, -0.2) is 8.42 Å². The van der Waals surface area contributed by atoms with Gasteiger partial charge in [0.15, 0.2) is 5.82 Å². The number of nitrogens with one attached hydrogen (secondary N) is 2. The van der Waals surface area contributed by atoms with Gasteiger partial charge in [0.25, 0.3) is 10.0 Å². The summed E-state index contributed by atoms with van der Waals surface area (Å²) in [6, 6.07) is 9.92. The first kappa shape index (κ1) is 16.2. The molecule has 0 spiro atoms. The molecule has 0 fully saturated rings. The number of aryl methyl sites for hydroxylation is 1. The maximum absolute atomic E-state index is 12.2. The highest BCUT2D eigenvalue weighted by Crippen LogP contribution is 2.15. The van der Waals surface area contributed by atoms with Gasteiger partial charge in [-0.15, -0.1) is 10.2 Å². The molecule has 0 saturated carbocycles. The van der Waals surface area contributed by atoms with Crippen molar-refractivity contribution < 1.29 is 8.42 Å². The highest BCUT2D eigenvalue weighted by atomic mass is 32.2. The van der Waals surface area contributed by atoms with E-state index in [1.165, 1.54) is 0 Å². The molecule has 2 aromatic rings. The molecule has 6 nitrogen and oxygen atoms in total. The fourth-order valence-corrected chi connectivity index (χ4v) is 2.78. The molecule has 0 saturated heterocycles. The second-order valence-corrected chi connectivity index (χ2v) is 6.69. The minimum Gasteiger partial charge on any atom is -0.369 e. The smallest absolute Gasteiger partial charge is 0.263 e. The molecular weight excluding hydrogens is 300 g/mol. The summed E-state index contributed by atoms with van der Waals surface area (Å²) < 4.78 is 26.8. The predicted octanol–water partition coefficient (Wildman–Crippen LogP) is 2.80. The fourth-order valence-electron chi connectivity index (χ4n) is 1.79. The van der Waals surface area contributed by atoms with Crippen LogP contribution in [0.5, 0.6) is 0 Å². The first-order valence-electron chi connectivity index (χ1n) is 7.18. The number of aromatic nitrogens is 2. The maximum Gasteiger partial charge on any atom is 0.263 e. The molecule has 2 rings (SSSR count). The Balaban J connectivity index is 2.05. The number of nitrogens with zero attached hydrogens (tertiary/aromatic N) is 2. The average Bonchev–Trinajstić information content (AvgIpc) is 2.49. The van der Waals surface area contributed by atoms with Crippen molar-refractivity contribution in [2.75, 3.05) is 16.6 Å². The summed E-state index contributed by atoms with van der Waals surface area (Å²) in [5, 5.41) is 11.0. The third kappa shape index (κ3) is 4.42. The zero-order valence-electron chi connectivity index (χ0n) is 12.7. The first-order valence-corrected chi connectivity index (χ1v) is 8.66. The Morgan fingerprint density at radius 1 is 1.00 bits per heavy atom. The predicted molar refractivity (Wildman–Crippen MR) is 87.4 cm³/mol. The minimum atomic E-state index is -3.64. The lowest BCUT2D eigenvalue weighted by molar-refractivity contribution is 0.601. The summed E-state index contributed by atoms with van der Waals surface area (Å²) in [6.45, 7) is 4.83. The van der Waals surface area contributed by atoms with Gasteiger partial charge in [0, 0.05) is 6.54 Å². The van der Waals surface area contributed by atoms with E-state index in [-0.39, 0.29) is 10.7 Å². The Bertz CT molecular complexity index is 697. The Morgan fingerprint density at radius 2 is 1.64 bits per heavy atom. The number of hydrogen-bond acceptors (Lipinski definition) is 5. The minimum absolute atomic E-state index is 0.196. The van der Waals surface area contributed by atoms with Crippen molar-refractivity contribution in [3.8, 4) is 0 Å². The molecule has 0 unspecified atom stereocenters. The van der Waals surface area contributed by atoms with E-state index in [0.717, 1.165) is 24.9 Å². The molecular formula is C15H20N4O2S. The molecule has 22 heavy (non-hydrogen) atoms. The van der Waals surface area contributed by atoms with E-state index in [1.54, 1.807) is 36.4 Å². The topological polar surface area (TPSA) is 84.0 Å².